The van der Waals surface area contributed by atoms with E-state index in [1.54, 1.807) is 0 Å². The zero-order valence-corrected chi connectivity index (χ0v) is 13.4. The monoisotopic (exact) mass is 327 g/mol. The molecule has 3 N–H and O–H groups in total. The number of urea groups is 1. The second-order valence-electron chi connectivity index (χ2n) is 5.39. The molecule has 1 heterocycles. The highest BCUT2D eigenvalue weighted by atomic mass is 35.5. The van der Waals surface area contributed by atoms with Crippen LogP contribution in [0.5, 0.6) is 0 Å². The van der Waals surface area contributed by atoms with Crippen molar-refractivity contribution in [3.8, 4) is 0 Å². The molecule has 0 aliphatic carbocycles. The van der Waals surface area contributed by atoms with Gasteiger partial charge in [0.15, 0.2) is 0 Å². The van der Waals surface area contributed by atoms with Crippen molar-refractivity contribution in [2.45, 2.75) is 13.0 Å². The van der Waals surface area contributed by atoms with Crippen molar-refractivity contribution < 1.29 is 4.79 Å². The van der Waals surface area contributed by atoms with Crippen LogP contribution in [0.25, 0.3) is 10.9 Å². The Labute approximate surface area is 139 Å². The van der Waals surface area contributed by atoms with Gasteiger partial charge >= 0.3 is 6.03 Å². The predicted molar refractivity (Wildman–Crippen MR) is 93.7 cm³/mol. The quantitative estimate of drug-likeness (QED) is 0.654. The number of fused-ring (bicyclic) bond motifs is 1. The highest BCUT2D eigenvalue weighted by Gasteiger charge is 2.02. The fourth-order valence-electron chi connectivity index (χ4n) is 2.43. The normalized spacial score (nSPS) is 10.7. The number of halogens is 1. The SMILES string of the molecule is O=C(NCCc1ccc2[nH]ccc2c1)NCc1ccc(Cl)cc1. The second-order valence-corrected chi connectivity index (χ2v) is 5.82. The molecule has 2 aromatic carbocycles. The maximum atomic E-state index is 11.8. The average Bonchev–Trinajstić information content (AvgIpc) is 3.02. The van der Waals surface area contributed by atoms with Crippen LogP contribution in [0, 0.1) is 0 Å². The fraction of sp³-hybridized carbons (Fsp3) is 0.167. The van der Waals surface area contributed by atoms with Crippen LogP contribution in [0.1, 0.15) is 11.1 Å². The molecule has 0 atom stereocenters. The third-order valence-corrected chi connectivity index (χ3v) is 3.94. The van der Waals surface area contributed by atoms with E-state index in [9.17, 15) is 4.79 Å². The van der Waals surface area contributed by atoms with Gasteiger partial charge in [-0.1, -0.05) is 29.8 Å². The molecular weight excluding hydrogens is 310 g/mol. The van der Waals surface area contributed by atoms with Gasteiger partial charge in [0, 0.05) is 29.8 Å². The molecule has 0 saturated heterocycles. The van der Waals surface area contributed by atoms with Gasteiger partial charge in [-0.25, -0.2) is 4.79 Å². The first kappa shape index (κ1) is 15.4. The molecule has 3 aromatic rings. The molecule has 0 radical (unpaired) electrons. The van der Waals surface area contributed by atoms with E-state index >= 15 is 0 Å². The lowest BCUT2D eigenvalue weighted by molar-refractivity contribution is 0.240. The van der Waals surface area contributed by atoms with Crippen LogP contribution in [-0.2, 0) is 13.0 Å². The molecular formula is C18H18ClN3O. The van der Waals surface area contributed by atoms with Crippen LogP contribution in [0.2, 0.25) is 5.02 Å². The number of hydrogen-bond donors (Lipinski definition) is 3. The smallest absolute Gasteiger partial charge is 0.315 e. The summed E-state index contributed by atoms with van der Waals surface area (Å²) in [7, 11) is 0. The second kappa shape index (κ2) is 7.20. The van der Waals surface area contributed by atoms with E-state index in [0.29, 0.717) is 18.1 Å². The summed E-state index contributed by atoms with van der Waals surface area (Å²) in [6.07, 6.45) is 2.73. The lowest BCUT2D eigenvalue weighted by Crippen LogP contribution is -2.36. The van der Waals surface area contributed by atoms with E-state index in [2.05, 4.69) is 33.8 Å². The summed E-state index contributed by atoms with van der Waals surface area (Å²) in [4.78, 5) is 15.0. The molecule has 23 heavy (non-hydrogen) atoms. The Balaban J connectivity index is 1.42. The van der Waals surface area contributed by atoms with E-state index in [1.807, 2.05) is 36.5 Å². The molecule has 5 heteroatoms. The van der Waals surface area contributed by atoms with Crippen molar-refractivity contribution in [3.05, 3.63) is 70.9 Å². The summed E-state index contributed by atoms with van der Waals surface area (Å²) in [5.41, 5.74) is 3.35. The van der Waals surface area contributed by atoms with Gasteiger partial charge in [0.1, 0.15) is 0 Å². The molecule has 0 unspecified atom stereocenters. The number of H-pyrrole nitrogens is 1. The minimum Gasteiger partial charge on any atom is -0.361 e. The molecule has 118 valence electrons. The third kappa shape index (κ3) is 4.27. The van der Waals surface area contributed by atoms with Crippen molar-refractivity contribution in [1.82, 2.24) is 15.6 Å². The number of nitrogens with one attached hydrogen (secondary N) is 3. The number of aromatic amines is 1. The van der Waals surface area contributed by atoms with E-state index in [1.165, 1.54) is 10.9 Å². The first-order valence-corrected chi connectivity index (χ1v) is 7.91. The first-order valence-electron chi connectivity index (χ1n) is 7.53. The molecule has 0 spiro atoms. The maximum Gasteiger partial charge on any atom is 0.315 e. The zero-order chi connectivity index (χ0) is 16.1. The number of hydrogen-bond acceptors (Lipinski definition) is 1. The summed E-state index contributed by atoms with van der Waals surface area (Å²) >= 11 is 5.83. The molecule has 2 amide bonds. The van der Waals surface area contributed by atoms with Gasteiger partial charge in [-0.2, -0.15) is 0 Å². The highest BCUT2D eigenvalue weighted by Crippen LogP contribution is 2.14. The Hall–Kier alpha value is -2.46. The van der Waals surface area contributed by atoms with Gasteiger partial charge in [0.05, 0.1) is 0 Å². The molecule has 0 aliphatic rings. The number of carbonyl (C=O) groups excluding carboxylic acids is 1. The van der Waals surface area contributed by atoms with Crippen LogP contribution in [0.15, 0.2) is 54.7 Å². The first-order chi connectivity index (χ1) is 11.2. The van der Waals surface area contributed by atoms with Crippen molar-refractivity contribution in [3.63, 3.8) is 0 Å². The van der Waals surface area contributed by atoms with Crippen LogP contribution in [-0.4, -0.2) is 17.6 Å². The summed E-state index contributed by atoms with van der Waals surface area (Å²) in [6, 6.07) is 15.6. The standard InChI is InChI=1S/C18H18ClN3O/c19-16-4-1-14(2-5-16)12-22-18(23)21-9-7-13-3-6-17-15(11-13)8-10-20-17/h1-6,8,10-11,20H,7,9,12H2,(H2,21,22,23). The molecule has 0 bridgehead atoms. The molecule has 3 rings (SSSR count). The number of carbonyl (C=O) groups is 1. The van der Waals surface area contributed by atoms with Gasteiger partial charge in [-0.05, 0) is 53.3 Å². The van der Waals surface area contributed by atoms with Gasteiger partial charge in [-0.3, -0.25) is 0 Å². The van der Waals surface area contributed by atoms with Crippen LogP contribution in [0.4, 0.5) is 4.79 Å². The molecule has 0 aliphatic heterocycles. The third-order valence-electron chi connectivity index (χ3n) is 3.68. The van der Waals surface area contributed by atoms with E-state index in [0.717, 1.165) is 17.5 Å². The molecule has 1 aromatic heterocycles. The lowest BCUT2D eigenvalue weighted by atomic mass is 10.1. The Morgan fingerprint density at radius 1 is 1.00 bits per heavy atom. The Morgan fingerprint density at radius 3 is 2.61 bits per heavy atom. The van der Waals surface area contributed by atoms with Crippen molar-refractivity contribution >= 4 is 28.5 Å². The van der Waals surface area contributed by atoms with Crippen molar-refractivity contribution in [2.75, 3.05) is 6.54 Å². The minimum absolute atomic E-state index is 0.164. The van der Waals surface area contributed by atoms with Crippen molar-refractivity contribution in [1.29, 1.82) is 0 Å². The maximum absolute atomic E-state index is 11.8. The number of aromatic nitrogens is 1. The summed E-state index contributed by atoms with van der Waals surface area (Å²) in [6.45, 7) is 1.08. The van der Waals surface area contributed by atoms with Crippen molar-refractivity contribution in [2.24, 2.45) is 0 Å². The van der Waals surface area contributed by atoms with E-state index < -0.39 is 0 Å². The van der Waals surface area contributed by atoms with Gasteiger partial charge < -0.3 is 15.6 Å². The summed E-state index contributed by atoms with van der Waals surface area (Å²) in [5, 5.41) is 7.58. The van der Waals surface area contributed by atoms with Crippen LogP contribution >= 0.6 is 11.6 Å². The predicted octanol–water partition coefficient (Wildman–Crippen LogP) is 3.86. The highest BCUT2D eigenvalue weighted by molar-refractivity contribution is 6.30. The molecule has 0 saturated carbocycles. The summed E-state index contributed by atoms with van der Waals surface area (Å²) in [5.74, 6) is 0. The van der Waals surface area contributed by atoms with Gasteiger partial charge in [-0.15, -0.1) is 0 Å². The number of benzene rings is 2. The zero-order valence-electron chi connectivity index (χ0n) is 12.6. The van der Waals surface area contributed by atoms with Crippen LogP contribution < -0.4 is 10.6 Å². The average molecular weight is 328 g/mol. The van der Waals surface area contributed by atoms with Gasteiger partial charge in [0.2, 0.25) is 0 Å². The minimum atomic E-state index is -0.164. The fourth-order valence-corrected chi connectivity index (χ4v) is 2.55. The Morgan fingerprint density at radius 2 is 1.78 bits per heavy atom. The molecule has 0 fully saturated rings. The Kier molecular flexibility index (Phi) is 4.83. The van der Waals surface area contributed by atoms with E-state index in [-0.39, 0.29) is 6.03 Å². The van der Waals surface area contributed by atoms with E-state index in [4.69, 9.17) is 11.6 Å². The number of rotatable bonds is 5. The lowest BCUT2D eigenvalue weighted by Gasteiger charge is -2.08. The van der Waals surface area contributed by atoms with Crippen LogP contribution in [0.3, 0.4) is 0 Å². The summed E-state index contributed by atoms with van der Waals surface area (Å²) < 4.78 is 0. The Bertz CT molecular complexity index is 795. The number of amides is 2. The topological polar surface area (TPSA) is 56.9 Å². The van der Waals surface area contributed by atoms with Gasteiger partial charge in [0.25, 0.3) is 0 Å². The largest absolute Gasteiger partial charge is 0.361 e. The molecule has 4 nitrogen and oxygen atoms in total.